The molecule has 22 heavy (non-hydrogen) atoms. The normalized spacial score (nSPS) is 12.8. The first-order valence-corrected chi connectivity index (χ1v) is 7.48. The molecule has 0 unspecified atom stereocenters. The SMILES string of the molecule is CN(C)C(=O)c1cn(Cc2ccccc2)c2c1C=CCC=C2. The van der Waals surface area contributed by atoms with E-state index in [-0.39, 0.29) is 5.91 Å². The van der Waals surface area contributed by atoms with Crippen molar-refractivity contribution >= 4 is 18.1 Å². The Morgan fingerprint density at radius 2 is 1.86 bits per heavy atom. The predicted octanol–water partition coefficient (Wildman–Crippen LogP) is 3.67. The Kier molecular flexibility index (Phi) is 3.96. The van der Waals surface area contributed by atoms with Gasteiger partial charge in [0.1, 0.15) is 0 Å². The molecule has 112 valence electrons. The molecule has 1 aromatic carbocycles. The minimum atomic E-state index is 0.0445. The Morgan fingerprint density at radius 3 is 2.59 bits per heavy atom. The van der Waals surface area contributed by atoms with Gasteiger partial charge in [-0.3, -0.25) is 4.79 Å². The van der Waals surface area contributed by atoms with E-state index in [4.69, 9.17) is 0 Å². The van der Waals surface area contributed by atoms with Crippen LogP contribution in [0.2, 0.25) is 0 Å². The van der Waals surface area contributed by atoms with E-state index < -0.39 is 0 Å². The van der Waals surface area contributed by atoms with Gasteiger partial charge in [-0.2, -0.15) is 0 Å². The van der Waals surface area contributed by atoms with Crippen molar-refractivity contribution in [2.24, 2.45) is 0 Å². The molecule has 0 N–H and O–H groups in total. The molecule has 1 amide bonds. The molecule has 0 fully saturated rings. The van der Waals surface area contributed by atoms with Crippen LogP contribution in [0.4, 0.5) is 0 Å². The van der Waals surface area contributed by atoms with Crippen LogP contribution in [0.1, 0.15) is 33.6 Å². The van der Waals surface area contributed by atoms with Crippen LogP contribution in [0.5, 0.6) is 0 Å². The van der Waals surface area contributed by atoms with E-state index in [0.717, 1.165) is 29.8 Å². The fraction of sp³-hybridized carbons (Fsp3) is 0.211. The molecule has 0 atom stereocenters. The summed E-state index contributed by atoms with van der Waals surface area (Å²) in [6.45, 7) is 0.766. The van der Waals surface area contributed by atoms with Crippen LogP contribution in [0.15, 0.2) is 48.7 Å². The van der Waals surface area contributed by atoms with E-state index in [1.165, 1.54) is 5.56 Å². The molecule has 2 aromatic rings. The standard InChI is InChI=1S/C19H20N2O/c1-20(2)19(22)17-14-21(13-15-9-5-3-6-10-15)18-12-8-4-7-11-16(17)18/h3,5-12,14H,4,13H2,1-2H3. The number of fused-ring (bicyclic) bond motifs is 1. The molecular formula is C19H20N2O. The highest BCUT2D eigenvalue weighted by atomic mass is 16.2. The summed E-state index contributed by atoms with van der Waals surface area (Å²) in [5, 5.41) is 0. The van der Waals surface area contributed by atoms with Crippen molar-refractivity contribution in [2.45, 2.75) is 13.0 Å². The number of benzene rings is 1. The molecular weight excluding hydrogens is 272 g/mol. The Balaban J connectivity index is 2.07. The lowest BCUT2D eigenvalue weighted by molar-refractivity contribution is 0.0827. The maximum absolute atomic E-state index is 12.4. The molecule has 0 aliphatic heterocycles. The van der Waals surface area contributed by atoms with Gasteiger partial charge in [-0.25, -0.2) is 0 Å². The molecule has 0 spiro atoms. The first-order chi connectivity index (χ1) is 10.7. The van der Waals surface area contributed by atoms with Crippen LogP contribution in [0.25, 0.3) is 12.2 Å². The quantitative estimate of drug-likeness (QED) is 0.847. The van der Waals surface area contributed by atoms with Gasteiger partial charge in [-0.1, -0.05) is 48.6 Å². The van der Waals surface area contributed by atoms with Gasteiger partial charge in [0.05, 0.1) is 5.56 Å². The zero-order valence-electron chi connectivity index (χ0n) is 13.0. The van der Waals surface area contributed by atoms with Crippen LogP contribution < -0.4 is 0 Å². The molecule has 3 nitrogen and oxygen atoms in total. The summed E-state index contributed by atoms with van der Waals surface area (Å²) in [5.74, 6) is 0.0445. The molecule has 0 saturated heterocycles. The van der Waals surface area contributed by atoms with Crippen LogP contribution in [-0.4, -0.2) is 29.5 Å². The number of carbonyl (C=O) groups is 1. The highest BCUT2D eigenvalue weighted by molar-refractivity contribution is 5.99. The zero-order chi connectivity index (χ0) is 15.5. The number of hydrogen-bond acceptors (Lipinski definition) is 1. The van der Waals surface area contributed by atoms with Gasteiger partial charge < -0.3 is 9.47 Å². The summed E-state index contributed by atoms with van der Waals surface area (Å²) >= 11 is 0. The van der Waals surface area contributed by atoms with E-state index >= 15 is 0 Å². The third kappa shape index (κ3) is 2.75. The van der Waals surface area contributed by atoms with Gasteiger partial charge in [-0.05, 0) is 18.1 Å². The van der Waals surface area contributed by atoms with Crippen molar-refractivity contribution in [3.05, 3.63) is 71.1 Å². The molecule has 1 aliphatic carbocycles. The van der Waals surface area contributed by atoms with Crippen molar-refractivity contribution in [1.29, 1.82) is 0 Å². The first kappa shape index (κ1) is 14.4. The summed E-state index contributed by atoms with van der Waals surface area (Å²) < 4.78 is 2.16. The minimum absolute atomic E-state index is 0.0445. The monoisotopic (exact) mass is 292 g/mol. The van der Waals surface area contributed by atoms with Crippen LogP contribution in [0.3, 0.4) is 0 Å². The van der Waals surface area contributed by atoms with E-state index in [0.29, 0.717) is 0 Å². The fourth-order valence-corrected chi connectivity index (χ4v) is 2.71. The molecule has 1 heterocycles. The average Bonchev–Trinajstić information content (AvgIpc) is 2.71. The molecule has 0 radical (unpaired) electrons. The third-order valence-electron chi connectivity index (χ3n) is 3.83. The first-order valence-electron chi connectivity index (χ1n) is 7.48. The van der Waals surface area contributed by atoms with E-state index in [2.05, 4.69) is 41.0 Å². The van der Waals surface area contributed by atoms with Crippen LogP contribution in [-0.2, 0) is 6.54 Å². The van der Waals surface area contributed by atoms with Crippen molar-refractivity contribution in [3.63, 3.8) is 0 Å². The average molecular weight is 292 g/mol. The number of nitrogens with zero attached hydrogens (tertiary/aromatic N) is 2. The summed E-state index contributed by atoms with van der Waals surface area (Å²) in [7, 11) is 3.58. The summed E-state index contributed by atoms with van der Waals surface area (Å²) in [6, 6.07) is 10.3. The number of amides is 1. The summed E-state index contributed by atoms with van der Waals surface area (Å²) in [4.78, 5) is 14.1. The van der Waals surface area contributed by atoms with Gasteiger partial charge in [-0.15, -0.1) is 0 Å². The molecule has 3 rings (SSSR count). The lowest BCUT2D eigenvalue weighted by Crippen LogP contribution is -2.21. The Morgan fingerprint density at radius 1 is 1.14 bits per heavy atom. The second-order valence-electron chi connectivity index (χ2n) is 5.70. The maximum atomic E-state index is 12.4. The lowest BCUT2D eigenvalue weighted by Gasteiger charge is -2.09. The van der Waals surface area contributed by atoms with Gasteiger partial charge in [0.25, 0.3) is 5.91 Å². The van der Waals surface area contributed by atoms with Gasteiger partial charge in [0.15, 0.2) is 0 Å². The van der Waals surface area contributed by atoms with Crippen LogP contribution in [0, 0.1) is 0 Å². The maximum Gasteiger partial charge on any atom is 0.255 e. The molecule has 3 heteroatoms. The summed E-state index contributed by atoms with van der Waals surface area (Å²) in [6.07, 6.45) is 11.3. The van der Waals surface area contributed by atoms with E-state index in [9.17, 15) is 4.79 Å². The van der Waals surface area contributed by atoms with Crippen molar-refractivity contribution < 1.29 is 4.79 Å². The number of allylic oxidation sites excluding steroid dienone is 2. The zero-order valence-corrected chi connectivity index (χ0v) is 13.0. The smallest absolute Gasteiger partial charge is 0.255 e. The lowest BCUT2D eigenvalue weighted by atomic mass is 10.1. The Hall–Kier alpha value is -2.55. The molecule has 1 aliphatic rings. The fourth-order valence-electron chi connectivity index (χ4n) is 2.71. The highest BCUT2D eigenvalue weighted by Gasteiger charge is 2.19. The predicted molar refractivity (Wildman–Crippen MR) is 90.7 cm³/mol. The van der Waals surface area contributed by atoms with Crippen molar-refractivity contribution in [1.82, 2.24) is 9.47 Å². The highest BCUT2D eigenvalue weighted by Crippen LogP contribution is 2.25. The largest absolute Gasteiger partial charge is 0.345 e. The number of hydrogen-bond donors (Lipinski definition) is 0. The Bertz CT molecular complexity index is 736. The van der Waals surface area contributed by atoms with Crippen molar-refractivity contribution in [3.8, 4) is 0 Å². The van der Waals surface area contributed by atoms with Crippen LogP contribution >= 0.6 is 0 Å². The number of carbonyl (C=O) groups excluding carboxylic acids is 1. The summed E-state index contributed by atoms with van der Waals surface area (Å²) in [5.41, 5.74) is 4.11. The van der Waals surface area contributed by atoms with Gasteiger partial charge in [0.2, 0.25) is 0 Å². The third-order valence-corrected chi connectivity index (χ3v) is 3.83. The molecule has 0 saturated carbocycles. The van der Waals surface area contributed by atoms with Gasteiger partial charge in [0, 0.05) is 38.1 Å². The van der Waals surface area contributed by atoms with E-state index in [1.54, 1.807) is 19.0 Å². The minimum Gasteiger partial charge on any atom is -0.345 e. The molecule has 1 aromatic heterocycles. The Labute approximate surface area is 131 Å². The molecule has 0 bridgehead atoms. The number of aromatic nitrogens is 1. The van der Waals surface area contributed by atoms with E-state index in [1.807, 2.05) is 24.4 Å². The topological polar surface area (TPSA) is 25.2 Å². The van der Waals surface area contributed by atoms with Crippen molar-refractivity contribution in [2.75, 3.05) is 14.1 Å². The second kappa shape index (κ2) is 6.06. The number of rotatable bonds is 3. The second-order valence-corrected chi connectivity index (χ2v) is 5.70. The van der Waals surface area contributed by atoms with Gasteiger partial charge >= 0.3 is 0 Å².